The molecule has 4 heteroatoms. The highest BCUT2D eigenvalue weighted by atomic mass is 32.1. The number of aromatic nitrogens is 1. The second-order valence-electron chi connectivity index (χ2n) is 4.19. The zero-order chi connectivity index (χ0) is 10.7. The molecule has 0 aromatic carbocycles. The molecule has 0 bridgehead atoms. The molecular weight excluding hydrogens is 206 g/mol. The number of rotatable bonds is 5. The van der Waals surface area contributed by atoms with Gasteiger partial charge in [0.2, 0.25) is 0 Å². The van der Waals surface area contributed by atoms with Crippen molar-refractivity contribution in [3.8, 4) is 0 Å². The number of thiazole rings is 1. The second kappa shape index (κ2) is 4.94. The van der Waals surface area contributed by atoms with Crippen LogP contribution < -0.4 is 10.6 Å². The number of hydrogen-bond acceptors (Lipinski definition) is 4. The maximum absolute atomic E-state index is 5.58. The minimum absolute atomic E-state index is 0.724. The lowest BCUT2D eigenvalue weighted by Gasteiger charge is -2.37. The Labute approximate surface area is 95.3 Å². The van der Waals surface area contributed by atoms with E-state index in [1.807, 2.05) is 0 Å². The van der Waals surface area contributed by atoms with Crippen molar-refractivity contribution in [1.82, 2.24) is 4.98 Å². The maximum atomic E-state index is 5.58. The summed E-state index contributed by atoms with van der Waals surface area (Å²) in [6.45, 7) is 3.89. The summed E-state index contributed by atoms with van der Waals surface area (Å²) < 4.78 is 0. The average Bonchev–Trinajstić information content (AvgIpc) is 2.56. The summed E-state index contributed by atoms with van der Waals surface area (Å²) >= 11 is 1.76. The minimum atomic E-state index is 0.724. The van der Waals surface area contributed by atoms with Crippen LogP contribution in [0.15, 0.2) is 5.38 Å². The molecule has 84 valence electrons. The number of nitrogens with zero attached hydrogens (tertiary/aromatic N) is 2. The van der Waals surface area contributed by atoms with Crippen LogP contribution in [0, 0.1) is 6.92 Å². The van der Waals surface area contributed by atoms with Gasteiger partial charge in [0, 0.05) is 18.0 Å². The van der Waals surface area contributed by atoms with Gasteiger partial charge in [-0.15, -0.1) is 11.3 Å². The van der Waals surface area contributed by atoms with Crippen LogP contribution in [-0.4, -0.2) is 24.1 Å². The highest BCUT2D eigenvalue weighted by Gasteiger charge is 2.26. The van der Waals surface area contributed by atoms with Gasteiger partial charge < -0.3 is 10.6 Å². The summed E-state index contributed by atoms with van der Waals surface area (Å²) in [6, 6.07) is 0.724. The molecule has 1 aliphatic carbocycles. The van der Waals surface area contributed by atoms with Crippen LogP contribution in [0.25, 0.3) is 0 Å². The van der Waals surface area contributed by atoms with Crippen molar-refractivity contribution >= 4 is 16.5 Å². The highest BCUT2D eigenvalue weighted by molar-refractivity contribution is 7.13. The Morgan fingerprint density at radius 1 is 1.60 bits per heavy atom. The van der Waals surface area contributed by atoms with Crippen molar-refractivity contribution in [1.29, 1.82) is 0 Å². The molecule has 1 aliphatic rings. The zero-order valence-electron chi connectivity index (χ0n) is 9.28. The third-order valence-electron chi connectivity index (χ3n) is 2.97. The Morgan fingerprint density at radius 3 is 2.87 bits per heavy atom. The van der Waals surface area contributed by atoms with E-state index in [9.17, 15) is 0 Å². The third kappa shape index (κ3) is 2.49. The first kappa shape index (κ1) is 10.9. The van der Waals surface area contributed by atoms with Gasteiger partial charge in [-0.25, -0.2) is 4.98 Å². The van der Waals surface area contributed by atoms with Gasteiger partial charge in [0.15, 0.2) is 5.13 Å². The molecular formula is C11H19N3S. The van der Waals surface area contributed by atoms with Crippen molar-refractivity contribution in [2.24, 2.45) is 5.73 Å². The zero-order valence-corrected chi connectivity index (χ0v) is 10.1. The SMILES string of the molecule is Cc1csc(N(CCCN)C2CCC2)n1. The molecule has 1 aromatic rings. The lowest BCUT2D eigenvalue weighted by Crippen LogP contribution is -2.41. The van der Waals surface area contributed by atoms with E-state index >= 15 is 0 Å². The average molecular weight is 225 g/mol. The molecule has 0 saturated heterocycles. The van der Waals surface area contributed by atoms with E-state index < -0.39 is 0 Å². The van der Waals surface area contributed by atoms with E-state index in [-0.39, 0.29) is 0 Å². The number of nitrogens with two attached hydrogens (primary N) is 1. The Morgan fingerprint density at radius 2 is 2.40 bits per heavy atom. The summed E-state index contributed by atoms with van der Waals surface area (Å²) in [6.07, 6.45) is 5.08. The maximum Gasteiger partial charge on any atom is 0.185 e. The number of hydrogen-bond donors (Lipinski definition) is 1. The van der Waals surface area contributed by atoms with Crippen molar-refractivity contribution in [2.75, 3.05) is 18.0 Å². The molecule has 1 fully saturated rings. The van der Waals surface area contributed by atoms with Gasteiger partial charge in [0.1, 0.15) is 0 Å². The Bertz CT molecular complexity index is 307. The summed E-state index contributed by atoms with van der Waals surface area (Å²) in [5, 5.41) is 3.31. The van der Waals surface area contributed by atoms with E-state index in [1.54, 1.807) is 11.3 Å². The van der Waals surface area contributed by atoms with Crippen LogP contribution in [0.3, 0.4) is 0 Å². The molecule has 0 radical (unpaired) electrons. The summed E-state index contributed by atoms with van der Waals surface area (Å²) in [4.78, 5) is 7.02. The van der Waals surface area contributed by atoms with Crippen LogP contribution in [-0.2, 0) is 0 Å². The smallest absolute Gasteiger partial charge is 0.185 e. The van der Waals surface area contributed by atoms with Gasteiger partial charge in [-0.1, -0.05) is 0 Å². The van der Waals surface area contributed by atoms with Crippen molar-refractivity contribution in [2.45, 2.75) is 38.6 Å². The lowest BCUT2D eigenvalue weighted by atomic mass is 9.92. The van der Waals surface area contributed by atoms with E-state index in [0.717, 1.165) is 31.2 Å². The normalized spacial score (nSPS) is 16.4. The minimum Gasteiger partial charge on any atom is -0.345 e. The molecule has 15 heavy (non-hydrogen) atoms. The molecule has 0 aliphatic heterocycles. The third-order valence-corrected chi connectivity index (χ3v) is 3.97. The molecule has 1 saturated carbocycles. The van der Waals surface area contributed by atoms with Crippen LogP contribution in [0.1, 0.15) is 31.4 Å². The summed E-state index contributed by atoms with van der Waals surface area (Å²) in [7, 11) is 0. The van der Waals surface area contributed by atoms with Crippen molar-refractivity contribution < 1.29 is 0 Å². The Balaban J connectivity index is 2.03. The topological polar surface area (TPSA) is 42.1 Å². The first-order valence-corrected chi connectivity index (χ1v) is 6.58. The quantitative estimate of drug-likeness (QED) is 0.835. The molecule has 1 heterocycles. The van der Waals surface area contributed by atoms with Crippen LogP contribution >= 0.6 is 11.3 Å². The van der Waals surface area contributed by atoms with Gasteiger partial charge in [-0.3, -0.25) is 0 Å². The molecule has 2 N–H and O–H groups in total. The number of aryl methyl sites for hydroxylation is 1. The molecule has 2 rings (SSSR count). The second-order valence-corrected chi connectivity index (χ2v) is 5.03. The summed E-state index contributed by atoms with van der Waals surface area (Å²) in [5.41, 5.74) is 6.71. The van der Waals surface area contributed by atoms with E-state index in [1.165, 1.54) is 24.4 Å². The van der Waals surface area contributed by atoms with Gasteiger partial charge in [0.05, 0.1) is 5.69 Å². The fourth-order valence-corrected chi connectivity index (χ4v) is 2.77. The van der Waals surface area contributed by atoms with Gasteiger partial charge >= 0.3 is 0 Å². The fraction of sp³-hybridized carbons (Fsp3) is 0.727. The highest BCUT2D eigenvalue weighted by Crippen LogP contribution is 2.31. The first-order valence-electron chi connectivity index (χ1n) is 5.70. The molecule has 0 unspecified atom stereocenters. The molecule has 1 aromatic heterocycles. The van der Waals surface area contributed by atoms with Gasteiger partial charge in [0.25, 0.3) is 0 Å². The van der Waals surface area contributed by atoms with E-state index in [2.05, 4.69) is 22.2 Å². The number of anilines is 1. The van der Waals surface area contributed by atoms with Crippen molar-refractivity contribution in [3.05, 3.63) is 11.1 Å². The van der Waals surface area contributed by atoms with Gasteiger partial charge in [-0.05, 0) is 39.2 Å². The van der Waals surface area contributed by atoms with E-state index in [0.29, 0.717) is 0 Å². The summed E-state index contributed by atoms with van der Waals surface area (Å²) in [5.74, 6) is 0. The predicted octanol–water partition coefficient (Wildman–Crippen LogP) is 2.16. The first-order chi connectivity index (χ1) is 7.31. The monoisotopic (exact) mass is 225 g/mol. The Hall–Kier alpha value is -0.610. The molecule has 0 atom stereocenters. The fourth-order valence-electron chi connectivity index (χ4n) is 1.87. The molecule has 3 nitrogen and oxygen atoms in total. The lowest BCUT2D eigenvalue weighted by molar-refractivity contribution is 0.384. The van der Waals surface area contributed by atoms with E-state index in [4.69, 9.17) is 5.73 Å². The van der Waals surface area contributed by atoms with Crippen LogP contribution in [0.2, 0.25) is 0 Å². The van der Waals surface area contributed by atoms with Gasteiger partial charge in [-0.2, -0.15) is 0 Å². The van der Waals surface area contributed by atoms with Crippen LogP contribution in [0.4, 0.5) is 5.13 Å². The molecule has 0 spiro atoms. The largest absolute Gasteiger partial charge is 0.345 e. The van der Waals surface area contributed by atoms with Crippen molar-refractivity contribution in [3.63, 3.8) is 0 Å². The van der Waals surface area contributed by atoms with Crippen LogP contribution in [0.5, 0.6) is 0 Å². The Kier molecular flexibility index (Phi) is 3.59. The molecule has 0 amide bonds. The standard InChI is InChI=1S/C11H19N3S/c1-9-8-15-11(13-9)14(7-3-6-12)10-4-2-5-10/h8,10H,2-7,12H2,1H3. The predicted molar refractivity (Wildman–Crippen MR) is 65.5 cm³/mol.